The second-order valence-electron chi connectivity index (χ2n) is 11.7. The molecule has 2 aromatic heterocycles. The van der Waals surface area contributed by atoms with Crippen LogP contribution in [0, 0.1) is 29.6 Å². The summed E-state index contributed by atoms with van der Waals surface area (Å²) in [4.78, 5) is 17.6. The van der Waals surface area contributed by atoms with Crippen LogP contribution in [0.1, 0.15) is 38.3 Å². The predicted molar refractivity (Wildman–Crippen MR) is 163 cm³/mol. The first kappa shape index (κ1) is 29.6. The Balaban J connectivity index is 1.55. The molecule has 2 atom stereocenters. The van der Waals surface area contributed by atoms with E-state index in [0.29, 0.717) is 51.8 Å². The van der Waals surface area contributed by atoms with E-state index in [0.717, 1.165) is 5.56 Å². The molecule has 4 aromatic rings. The summed E-state index contributed by atoms with van der Waals surface area (Å²) in [6, 6.07) is 15.9. The smallest absolute Gasteiger partial charge is 0.407 e. The number of likely N-dealkylation sites (tertiary alicyclic amines) is 1. The van der Waals surface area contributed by atoms with Gasteiger partial charge in [-0.25, -0.2) is 22.2 Å². The molecule has 0 bridgehead atoms. The van der Waals surface area contributed by atoms with Gasteiger partial charge in [0.15, 0.2) is 5.65 Å². The highest BCUT2D eigenvalue weighted by Crippen LogP contribution is 2.39. The molecule has 0 spiro atoms. The van der Waals surface area contributed by atoms with Crippen molar-refractivity contribution in [3.8, 4) is 22.9 Å². The van der Waals surface area contributed by atoms with Gasteiger partial charge in [-0.05, 0) is 64.2 Å². The minimum atomic E-state index is -3.95. The number of pyridine rings is 1. The van der Waals surface area contributed by atoms with Crippen LogP contribution in [-0.2, 0) is 10.0 Å². The standard InChI is InChI=1S/C31H31BrN4O5S/c1-19-5-8-23(9-6-19)42(39,40)36-17-25(24-14-22(32)16-34-29(24)36)20-7-10-27(21(13-20)15-33)41-28-11-12-35(30(37)38)18-26(28)31(2,3)4/h5-10,13-14,16-17,26,28H,11-12,18H2,1-4H3,(H,37,38). The second-order valence-corrected chi connectivity index (χ2v) is 14.4. The van der Waals surface area contributed by atoms with Crippen LogP contribution >= 0.6 is 15.9 Å². The van der Waals surface area contributed by atoms with Crippen molar-refractivity contribution in [2.45, 2.75) is 45.1 Å². The fourth-order valence-electron chi connectivity index (χ4n) is 5.42. The Morgan fingerprint density at radius 2 is 1.88 bits per heavy atom. The molecule has 1 saturated heterocycles. The van der Waals surface area contributed by atoms with Gasteiger partial charge in [0.05, 0.1) is 10.5 Å². The lowest BCUT2D eigenvalue weighted by molar-refractivity contribution is -0.00380. The first-order valence-electron chi connectivity index (χ1n) is 13.5. The fourth-order valence-corrected chi connectivity index (χ4v) is 7.07. The zero-order chi connectivity index (χ0) is 30.4. The highest BCUT2D eigenvalue weighted by Gasteiger charge is 2.40. The van der Waals surface area contributed by atoms with E-state index in [1.807, 2.05) is 6.92 Å². The molecule has 1 aliphatic rings. The molecule has 0 saturated carbocycles. The van der Waals surface area contributed by atoms with Crippen LogP contribution in [0.2, 0.25) is 0 Å². The van der Waals surface area contributed by atoms with Crippen LogP contribution in [0.4, 0.5) is 4.79 Å². The largest absolute Gasteiger partial charge is 0.489 e. The number of halogens is 1. The molecule has 1 aliphatic heterocycles. The summed E-state index contributed by atoms with van der Waals surface area (Å²) < 4.78 is 35.6. The number of hydrogen-bond acceptors (Lipinski definition) is 6. The molecule has 0 aliphatic carbocycles. The van der Waals surface area contributed by atoms with Crippen molar-refractivity contribution < 1.29 is 23.1 Å². The van der Waals surface area contributed by atoms with Crippen LogP contribution in [0.5, 0.6) is 5.75 Å². The minimum absolute atomic E-state index is 0.0815. The van der Waals surface area contributed by atoms with Gasteiger partial charge in [0.25, 0.3) is 10.0 Å². The van der Waals surface area contributed by atoms with E-state index in [-0.39, 0.29) is 28.0 Å². The van der Waals surface area contributed by atoms with Gasteiger partial charge in [-0.15, -0.1) is 0 Å². The average Bonchev–Trinajstić information content (AvgIpc) is 3.32. The number of aryl methyl sites for hydroxylation is 1. The fraction of sp³-hybridized carbons (Fsp3) is 0.323. The molecule has 3 heterocycles. The van der Waals surface area contributed by atoms with Crippen molar-refractivity contribution in [1.82, 2.24) is 13.9 Å². The van der Waals surface area contributed by atoms with E-state index >= 15 is 0 Å². The van der Waals surface area contributed by atoms with Gasteiger partial charge in [-0.3, -0.25) is 0 Å². The summed E-state index contributed by atoms with van der Waals surface area (Å²) in [5, 5.41) is 20.2. The number of aromatic nitrogens is 2. The molecular formula is C31H31BrN4O5S. The number of rotatable bonds is 5. The van der Waals surface area contributed by atoms with Crippen LogP contribution in [0.3, 0.4) is 0 Å². The summed E-state index contributed by atoms with van der Waals surface area (Å²) in [6.45, 7) is 8.76. The number of hydrogen-bond donors (Lipinski definition) is 1. The molecular weight excluding hydrogens is 620 g/mol. The number of nitrogens with zero attached hydrogens (tertiary/aromatic N) is 4. The molecule has 1 fully saturated rings. The topological polar surface area (TPSA) is 126 Å². The number of ether oxygens (including phenoxy) is 1. The molecule has 5 rings (SSSR count). The molecule has 9 nitrogen and oxygen atoms in total. The maximum Gasteiger partial charge on any atom is 0.407 e. The van der Waals surface area contributed by atoms with Crippen molar-refractivity contribution >= 4 is 43.1 Å². The van der Waals surface area contributed by atoms with Gasteiger partial charge in [0, 0.05) is 53.2 Å². The molecule has 2 aromatic carbocycles. The third kappa shape index (κ3) is 5.61. The number of nitriles is 1. The molecule has 42 heavy (non-hydrogen) atoms. The van der Waals surface area contributed by atoms with Crippen LogP contribution in [0.25, 0.3) is 22.2 Å². The Bertz CT molecular complexity index is 1820. The molecule has 1 amide bonds. The average molecular weight is 652 g/mol. The summed E-state index contributed by atoms with van der Waals surface area (Å²) in [7, 11) is -3.95. The lowest BCUT2D eigenvalue weighted by Gasteiger charge is -2.43. The van der Waals surface area contributed by atoms with Crippen molar-refractivity contribution in [3.05, 3.63) is 76.5 Å². The van der Waals surface area contributed by atoms with E-state index in [1.165, 1.54) is 15.1 Å². The quantitative estimate of drug-likeness (QED) is 0.255. The second kappa shape index (κ2) is 11.1. The van der Waals surface area contributed by atoms with Gasteiger partial charge in [0.1, 0.15) is 17.9 Å². The van der Waals surface area contributed by atoms with Gasteiger partial charge in [-0.1, -0.05) is 44.5 Å². The van der Waals surface area contributed by atoms with Crippen LogP contribution < -0.4 is 4.74 Å². The lowest BCUT2D eigenvalue weighted by atomic mass is 9.74. The monoisotopic (exact) mass is 650 g/mol. The van der Waals surface area contributed by atoms with Crippen LogP contribution in [-0.4, -0.2) is 52.7 Å². The molecule has 1 N–H and O–H groups in total. The van der Waals surface area contributed by atoms with E-state index in [9.17, 15) is 23.6 Å². The number of carboxylic acid groups (broad SMARTS) is 1. The van der Waals surface area contributed by atoms with Gasteiger partial charge >= 0.3 is 6.09 Å². The zero-order valence-electron chi connectivity index (χ0n) is 23.7. The minimum Gasteiger partial charge on any atom is -0.489 e. The lowest BCUT2D eigenvalue weighted by Crippen LogP contribution is -2.51. The summed E-state index contributed by atoms with van der Waals surface area (Å²) in [6.07, 6.45) is 2.36. The molecule has 2 unspecified atom stereocenters. The van der Waals surface area contributed by atoms with Crippen molar-refractivity contribution in [2.75, 3.05) is 13.1 Å². The Morgan fingerprint density at radius 3 is 2.52 bits per heavy atom. The van der Waals surface area contributed by atoms with E-state index in [1.54, 1.807) is 54.7 Å². The van der Waals surface area contributed by atoms with E-state index < -0.39 is 16.1 Å². The Kier molecular flexibility index (Phi) is 7.81. The van der Waals surface area contributed by atoms with Gasteiger partial charge in [-0.2, -0.15) is 5.26 Å². The third-order valence-corrected chi connectivity index (χ3v) is 9.88. The van der Waals surface area contributed by atoms with Crippen molar-refractivity contribution in [2.24, 2.45) is 11.3 Å². The maximum atomic E-state index is 13.7. The summed E-state index contributed by atoms with van der Waals surface area (Å²) in [5.74, 6) is 0.321. The number of benzene rings is 2. The SMILES string of the molecule is Cc1ccc(S(=O)(=O)n2cc(-c3ccc(OC4CCN(C(=O)O)CC4C(C)(C)C)c(C#N)c3)c3cc(Br)cnc32)cc1. The molecule has 218 valence electrons. The van der Waals surface area contributed by atoms with E-state index in [2.05, 4.69) is 47.8 Å². The van der Waals surface area contributed by atoms with Gasteiger partial charge in [0.2, 0.25) is 0 Å². The predicted octanol–water partition coefficient (Wildman–Crippen LogP) is 6.68. The molecule has 11 heteroatoms. The highest BCUT2D eigenvalue weighted by atomic mass is 79.9. The first-order chi connectivity index (χ1) is 19.8. The van der Waals surface area contributed by atoms with E-state index in [4.69, 9.17) is 4.74 Å². The number of fused-ring (bicyclic) bond motifs is 1. The number of piperidine rings is 1. The third-order valence-electron chi connectivity index (χ3n) is 7.78. The number of amides is 1. The molecule has 0 radical (unpaired) electrons. The Hall–Kier alpha value is -3.88. The normalized spacial score (nSPS) is 17.7. The van der Waals surface area contributed by atoms with Gasteiger partial charge < -0.3 is 14.7 Å². The van der Waals surface area contributed by atoms with Crippen molar-refractivity contribution in [1.29, 1.82) is 5.26 Å². The number of carbonyl (C=O) groups is 1. The Labute approximate surface area is 253 Å². The summed E-state index contributed by atoms with van der Waals surface area (Å²) >= 11 is 3.45. The van der Waals surface area contributed by atoms with Crippen molar-refractivity contribution in [3.63, 3.8) is 0 Å². The zero-order valence-corrected chi connectivity index (χ0v) is 26.1. The summed E-state index contributed by atoms with van der Waals surface area (Å²) in [5.41, 5.74) is 2.52. The highest BCUT2D eigenvalue weighted by molar-refractivity contribution is 9.10. The van der Waals surface area contributed by atoms with Crippen LogP contribution in [0.15, 0.2) is 70.3 Å². The Morgan fingerprint density at radius 1 is 1.17 bits per heavy atom. The first-order valence-corrected chi connectivity index (χ1v) is 15.7. The maximum absolute atomic E-state index is 13.7.